The molecule has 0 heterocycles. The van der Waals surface area contributed by atoms with Crippen molar-refractivity contribution in [3.05, 3.63) is 66.0 Å². The van der Waals surface area contributed by atoms with Crippen molar-refractivity contribution in [1.29, 1.82) is 0 Å². The molecule has 2 aromatic carbocycles. The van der Waals surface area contributed by atoms with Crippen LogP contribution in [-0.4, -0.2) is 18.3 Å². The highest BCUT2D eigenvalue weighted by Crippen LogP contribution is 2.42. The Hall–Kier alpha value is -1.71. The molecule has 4 heteroatoms. The lowest BCUT2D eigenvalue weighted by Gasteiger charge is -2.35. The minimum atomic E-state index is -1.87. The monoisotopic (exact) mass is 391 g/mol. The van der Waals surface area contributed by atoms with E-state index in [-0.39, 0.29) is 10.8 Å². The number of hydrogen-bond acceptors (Lipinski definition) is 1. The van der Waals surface area contributed by atoms with Crippen LogP contribution >= 0.6 is 21.0 Å². The first-order valence-electron chi connectivity index (χ1n) is 8.67. The van der Waals surface area contributed by atoms with E-state index in [0.717, 1.165) is 23.5 Å². The molecule has 0 aliphatic heterocycles. The first-order chi connectivity index (χ1) is 12.2. The van der Waals surface area contributed by atoms with Crippen LogP contribution in [0.5, 0.6) is 0 Å². The Morgan fingerprint density at radius 1 is 1.15 bits per heavy atom. The summed E-state index contributed by atoms with van der Waals surface area (Å²) in [6.45, 7) is 10.9. The van der Waals surface area contributed by atoms with Crippen molar-refractivity contribution >= 4 is 43.5 Å². The summed E-state index contributed by atoms with van der Waals surface area (Å²) < 4.78 is 16.3. The number of nitrogens with zero attached hydrogens (tertiary/aromatic N) is 1. The maximum absolute atomic E-state index is 14.0. The van der Waals surface area contributed by atoms with Crippen molar-refractivity contribution in [2.75, 3.05) is 10.8 Å². The molecule has 0 aliphatic rings. The van der Waals surface area contributed by atoms with Gasteiger partial charge in [0.25, 0.3) is 0 Å². The van der Waals surface area contributed by atoms with E-state index in [1.807, 2.05) is 0 Å². The first-order valence-corrected chi connectivity index (χ1v) is 11.0. The topological polar surface area (TPSA) is 3.24 Å². The smallest absolute Gasteiger partial charge is 0.131 e. The second-order valence-electron chi connectivity index (χ2n) is 6.86. The molecule has 0 fully saturated rings. The van der Waals surface area contributed by atoms with Crippen LogP contribution in [-0.2, 0) is 6.42 Å². The molecule has 0 aliphatic carbocycles. The number of aryl methyl sites for hydroxylation is 1. The molecule has 26 heavy (non-hydrogen) atoms. The molecule has 0 radical (unpaired) electrons. The van der Waals surface area contributed by atoms with Gasteiger partial charge >= 0.3 is 0 Å². The van der Waals surface area contributed by atoms with E-state index in [2.05, 4.69) is 67.7 Å². The Morgan fingerprint density at radius 3 is 2.27 bits per heavy atom. The van der Waals surface area contributed by atoms with Gasteiger partial charge in [0.15, 0.2) is 0 Å². The van der Waals surface area contributed by atoms with E-state index in [1.165, 1.54) is 11.6 Å². The van der Waals surface area contributed by atoms with Crippen LogP contribution in [0.3, 0.4) is 0 Å². The summed E-state index contributed by atoms with van der Waals surface area (Å²) in [6, 6.07) is 13.4. The largest absolute Gasteiger partial charge is 0.324 e. The fourth-order valence-electron chi connectivity index (χ4n) is 2.76. The van der Waals surface area contributed by atoms with Gasteiger partial charge in [0.05, 0.1) is 0 Å². The van der Waals surface area contributed by atoms with E-state index in [4.69, 9.17) is 11.6 Å². The predicted molar refractivity (Wildman–Crippen MR) is 119 cm³/mol. The summed E-state index contributed by atoms with van der Waals surface area (Å²) in [6.07, 6.45) is 0.996. The lowest BCUT2D eigenvalue weighted by molar-refractivity contribution is 0.623. The Balaban J connectivity index is 2.55. The number of hydrogen-bond donors (Lipinski definition) is 0. The standard InChI is InChI=1S/C22H27ClFNS/c1-7-18-8-10-19(11-9-18)25(15-16(2)3)26(5,6)20-12-13-22(24)21(14-20)17(4)23/h8-14,16H,4-7,15H2,1-3H3. The average molecular weight is 392 g/mol. The van der Waals surface area contributed by atoms with Gasteiger partial charge in [-0.3, -0.25) is 0 Å². The van der Waals surface area contributed by atoms with Gasteiger partial charge in [0.1, 0.15) is 5.82 Å². The Labute approximate surface area is 162 Å². The lowest BCUT2D eigenvalue weighted by atomic mass is 10.1. The van der Waals surface area contributed by atoms with Gasteiger partial charge < -0.3 is 4.31 Å². The highest BCUT2D eigenvalue weighted by molar-refractivity contribution is 8.28. The fraction of sp³-hybridized carbons (Fsp3) is 0.273. The SMILES string of the molecule is C=C(Cl)c1cc(S(=C)(=C)N(CC(C)C)c2ccc(CC)cc2)ccc1F. The molecule has 1 nitrogen and oxygen atoms in total. The second-order valence-corrected chi connectivity index (χ2v) is 9.92. The molecule has 2 aromatic rings. The molecule has 0 amide bonds. The van der Waals surface area contributed by atoms with E-state index in [0.29, 0.717) is 11.5 Å². The second kappa shape index (κ2) is 8.32. The first kappa shape index (κ1) is 20.6. The molecule has 2 rings (SSSR count). The Bertz CT molecular complexity index is 883. The van der Waals surface area contributed by atoms with Gasteiger partial charge in [-0.25, -0.2) is 4.39 Å². The predicted octanol–water partition coefficient (Wildman–Crippen LogP) is 6.70. The summed E-state index contributed by atoms with van der Waals surface area (Å²) in [7, 11) is -1.87. The zero-order valence-electron chi connectivity index (χ0n) is 15.8. The van der Waals surface area contributed by atoms with Crippen molar-refractivity contribution in [1.82, 2.24) is 0 Å². The molecule has 0 spiro atoms. The molecule has 0 N–H and O–H groups in total. The average Bonchev–Trinajstić information content (AvgIpc) is 2.59. The van der Waals surface area contributed by atoms with Crippen LogP contribution in [0.25, 0.3) is 5.03 Å². The van der Waals surface area contributed by atoms with E-state index >= 15 is 0 Å². The minimum absolute atomic E-state index is 0.183. The molecule has 0 saturated carbocycles. The van der Waals surface area contributed by atoms with E-state index < -0.39 is 9.39 Å². The molecular formula is C22H27ClFNS. The number of anilines is 1. The summed E-state index contributed by atoms with van der Waals surface area (Å²) in [5.74, 6) is 8.94. The molecule has 0 aromatic heterocycles. The zero-order chi connectivity index (χ0) is 19.5. The maximum Gasteiger partial charge on any atom is 0.131 e. The van der Waals surface area contributed by atoms with Gasteiger partial charge in [-0.1, -0.05) is 62.8 Å². The van der Waals surface area contributed by atoms with Gasteiger partial charge in [-0.15, -0.1) is 9.39 Å². The van der Waals surface area contributed by atoms with Crippen LogP contribution < -0.4 is 4.31 Å². The molecule has 0 unspecified atom stereocenters. The molecule has 0 atom stereocenters. The van der Waals surface area contributed by atoms with Crippen LogP contribution in [0.15, 0.2) is 53.9 Å². The molecule has 140 valence electrons. The van der Waals surface area contributed by atoms with Crippen LogP contribution in [0.1, 0.15) is 31.9 Å². The maximum atomic E-state index is 14.0. The Kier molecular flexibility index (Phi) is 6.59. The highest BCUT2D eigenvalue weighted by atomic mass is 35.5. The lowest BCUT2D eigenvalue weighted by Crippen LogP contribution is -2.24. The van der Waals surface area contributed by atoms with Crippen molar-refractivity contribution < 1.29 is 4.39 Å². The van der Waals surface area contributed by atoms with Crippen molar-refractivity contribution in [2.24, 2.45) is 5.92 Å². The number of halogens is 2. The normalized spacial score (nSPS) is 11.6. The molecular weight excluding hydrogens is 365 g/mol. The fourth-order valence-corrected chi connectivity index (χ4v) is 4.92. The van der Waals surface area contributed by atoms with E-state index in [1.54, 1.807) is 12.1 Å². The van der Waals surface area contributed by atoms with Crippen molar-refractivity contribution in [2.45, 2.75) is 32.1 Å². The van der Waals surface area contributed by atoms with E-state index in [9.17, 15) is 4.39 Å². The van der Waals surface area contributed by atoms with Gasteiger partial charge in [0, 0.05) is 27.7 Å². The minimum Gasteiger partial charge on any atom is -0.324 e. The third-order valence-corrected chi connectivity index (χ3v) is 6.79. The summed E-state index contributed by atoms with van der Waals surface area (Å²) in [5.41, 5.74) is 2.67. The van der Waals surface area contributed by atoms with Crippen LogP contribution in [0, 0.1) is 11.7 Å². The van der Waals surface area contributed by atoms with Crippen LogP contribution in [0.2, 0.25) is 0 Å². The summed E-state index contributed by atoms with van der Waals surface area (Å²) in [4.78, 5) is 0.871. The number of rotatable bonds is 7. The van der Waals surface area contributed by atoms with Crippen LogP contribution in [0.4, 0.5) is 10.1 Å². The van der Waals surface area contributed by atoms with Gasteiger partial charge in [-0.05, 0) is 48.2 Å². The van der Waals surface area contributed by atoms with Gasteiger partial charge in [-0.2, -0.15) is 0 Å². The quantitative estimate of drug-likeness (QED) is 0.474. The summed E-state index contributed by atoms with van der Waals surface area (Å²) >= 11 is 5.97. The third-order valence-electron chi connectivity index (χ3n) is 4.25. The number of benzene rings is 2. The molecule has 0 saturated heterocycles. The van der Waals surface area contributed by atoms with Crippen molar-refractivity contribution in [3.63, 3.8) is 0 Å². The highest BCUT2D eigenvalue weighted by Gasteiger charge is 2.17. The molecule has 0 bridgehead atoms. The zero-order valence-corrected chi connectivity index (χ0v) is 17.3. The Morgan fingerprint density at radius 2 is 1.77 bits per heavy atom. The van der Waals surface area contributed by atoms with Gasteiger partial charge in [0.2, 0.25) is 0 Å². The third kappa shape index (κ3) is 4.52. The summed E-state index contributed by atoms with van der Waals surface area (Å²) in [5, 5.41) is 0.183. The van der Waals surface area contributed by atoms with Crippen molar-refractivity contribution in [3.8, 4) is 0 Å².